The van der Waals surface area contributed by atoms with E-state index in [-0.39, 0.29) is 17.3 Å². The molecule has 0 bridgehead atoms. The minimum absolute atomic E-state index is 0.166. The number of ether oxygens (including phenoxy) is 1. The molecule has 0 fully saturated rings. The fourth-order valence-electron chi connectivity index (χ4n) is 1.58. The molecule has 23 heavy (non-hydrogen) atoms. The van der Waals surface area contributed by atoms with E-state index in [1.165, 1.54) is 23.9 Å². The highest BCUT2D eigenvalue weighted by molar-refractivity contribution is 8.13. The summed E-state index contributed by atoms with van der Waals surface area (Å²) in [5.41, 5.74) is 0.983. The Bertz CT molecular complexity index is 640. The molecule has 6 nitrogen and oxygen atoms in total. The molecule has 1 rings (SSSR count). The zero-order valence-corrected chi connectivity index (χ0v) is 15.2. The lowest BCUT2D eigenvalue weighted by atomic mass is 10.2. The third kappa shape index (κ3) is 7.04. The zero-order valence-electron chi connectivity index (χ0n) is 13.5. The van der Waals surface area contributed by atoms with E-state index in [0.29, 0.717) is 23.8 Å². The Balaban J connectivity index is 2.61. The number of nitrogens with one attached hydrogen (secondary N) is 1. The van der Waals surface area contributed by atoms with Gasteiger partial charge >= 0.3 is 5.97 Å². The number of aryl methyl sites for hydroxylation is 1. The minimum atomic E-state index is -3.67. The molecular weight excluding hydrogens is 336 g/mol. The van der Waals surface area contributed by atoms with Gasteiger partial charge in [-0.15, -0.1) is 11.8 Å². The third-order valence-corrected chi connectivity index (χ3v) is 5.15. The fourth-order valence-corrected chi connectivity index (χ4v) is 3.29. The summed E-state index contributed by atoms with van der Waals surface area (Å²) in [6.45, 7) is 5.87. The lowest BCUT2D eigenvalue weighted by molar-refractivity contribution is -0.142. The molecule has 0 saturated carbocycles. The van der Waals surface area contributed by atoms with Gasteiger partial charge in [-0.3, -0.25) is 4.79 Å². The van der Waals surface area contributed by atoms with Crippen molar-refractivity contribution in [2.45, 2.75) is 38.5 Å². The molecule has 1 aromatic rings. The maximum atomic E-state index is 12.1. The third-order valence-electron chi connectivity index (χ3n) is 2.80. The van der Waals surface area contributed by atoms with E-state index in [9.17, 15) is 13.2 Å². The van der Waals surface area contributed by atoms with Crippen LogP contribution in [0.4, 0.5) is 0 Å². The van der Waals surface area contributed by atoms with E-state index in [2.05, 4.69) is 9.93 Å². The van der Waals surface area contributed by atoms with Crippen LogP contribution < -0.4 is 4.83 Å². The maximum absolute atomic E-state index is 12.1. The average molecular weight is 358 g/mol. The second-order valence-corrected chi connectivity index (χ2v) is 7.50. The Kier molecular flexibility index (Phi) is 8.11. The van der Waals surface area contributed by atoms with Crippen molar-refractivity contribution in [3.8, 4) is 0 Å². The molecule has 0 saturated heterocycles. The van der Waals surface area contributed by atoms with Crippen molar-refractivity contribution in [2.24, 2.45) is 5.10 Å². The lowest BCUT2D eigenvalue weighted by Gasteiger charge is -2.07. The van der Waals surface area contributed by atoms with Crippen molar-refractivity contribution in [2.75, 3.05) is 12.4 Å². The molecule has 0 spiro atoms. The van der Waals surface area contributed by atoms with Crippen LogP contribution in [0, 0.1) is 6.92 Å². The highest BCUT2D eigenvalue weighted by atomic mass is 32.2. The lowest BCUT2D eigenvalue weighted by Crippen LogP contribution is -2.19. The number of carbonyl (C=O) groups excluding carboxylic acids is 1. The van der Waals surface area contributed by atoms with Crippen LogP contribution in [-0.2, 0) is 19.6 Å². The minimum Gasteiger partial charge on any atom is -0.466 e. The molecule has 0 aliphatic carbocycles. The molecule has 0 unspecified atom stereocenters. The normalized spacial score (nSPS) is 12.0. The Hall–Kier alpha value is -1.54. The van der Waals surface area contributed by atoms with Gasteiger partial charge in [-0.2, -0.15) is 18.4 Å². The van der Waals surface area contributed by atoms with Crippen molar-refractivity contribution in [1.29, 1.82) is 0 Å². The van der Waals surface area contributed by atoms with Crippen LogP contribution in [0.25, 0.3) is 0 Å². The second kappa shape index (κ2) is 9.57. The molecule has 0 aliphatic heterocycles. The van der Waals surface area contributed by atoms with E-state index in [1.54, 1.807) is 19.1 Å². The summed E-state index contributed by atoms with van der Waals surface area (Å²) in [5, 5.41) is 4.56. The number of sulfonamides is 1. The van der Waals surface area contributed by atoms with Gasteiger partial charge in [0.1, 0.15) is 0 Å². The molecule has 0 heterocycles. The molecule has 128 valence electrons. The van der Waals surface area contributed by atoms with Gasteiger partial charge in [0.25, 0.3) is 10.0 Å². The quantitative estimate of drug-likeness (QED) is 0.334. The number of hydrogen-bond donors (Lipinski definition) is 1. The first-order valence-electron chi connectivity index (χ1n) is 7.32. The first-order chi connectivity index (χ1) is 10.9. The Morgan fingerprint density at radius 1 is 1.26 bits per heavy atom. The molecule has 1 N–H and O–H groups in total. The van der Waals surface area contributed by atoms with E-state index < -0.39 is 10.0 Å². The summed E-state index contributed by atoms with van der Waals surface area (Å²) in [6.07, 6.45) is 0.839. The number of rotatable bonds is 8. The molecule has 0 atom stereocenters. The van der Waals surface area contributed by atoms with Crippen molar-refractivity contribution in [3.05, 3.63) is 29.8 Å². The summed E-state index contributed by atoms with van der Waals surface area (Å²) in [7, 11) is -3.67. The highest BCUT2D eigenvalue weighted by Crippen LogP contribution is 2.12. The molecule has 1 aromatic carbocycles. The van der Waals surface area contributed by atoms with Crippen LogP contribution >= 0.6 is 11.8 Å². The van der Waals surface area contributed by atoms with Crippen LogP contribution in [-0.4, -0.2) is 31.8 Å². The second-order valence-electron chi connectivity index (χ2n) is 4.67. The number of esters is 1. The van der Waals surface area contributed by atoms with Gasteiger partial charge in [-0.25, -0.2) is 0 Å². The Labute approximate surface area is 141 Å². The number of hydrogen-bond acceptors (Lipinski definition) is 6. The number of thioether (sulfide) groups is 1. The molecular formula is C15H22N2O4S2. The highest BCUT2D eigenvalue weighted by Gasteiger charge is 2.13. The summed E-state index contributed by atoms with van der Waals surface area (Å²) < 4.78 is 29.1. The molecule has 0 radical (unpaired) electrons. The summed E-state index contributed by atoms with van der Waals surface area (Å²) in [4.78, 5) is 13.7. The van der Waals surface area contributed by atoms with Crippen molar-refractivity contribution < 1.29 is 17.9 Å². The van der Waals surface area contributed by atoms with Crippen molar-refractivity contribution in [1.82, 2.24) is 4.83 Å². The predicted molar refractivity (Wildman–Crippen MR) is 92.9 cm³/mol. The standard InChI is InChI=1S/C15H22N2O4S2/c1-4-14(22-11-10-15(18)21-5-2)16-17-23(19,20)13-8-6-12(3)7-9-13/h6-9,17H,4-5,10-11H2,1-3H3/b16-14-. The van der Waals surface area contributed by atoms with Crippen LogP contribution in [0.15, 0.2) is 34.3 Å². The summed E-state index contributed by atoms with van der Waals surface area (Å²) in [5.74, 6) is 0.230. The molecule has 8 heteroatoms. The topological polar surface area (TPSA) is 84.8 Å². The van der Waals surface area contributed by atoms with Gasteiger partial charge in [-0.05, 0) is 32.4 Å². The van der Waals surface area contributed by atoms with Crippen LogP contribution in [0.1, 0.15) is 32.3 Å². The summed E-state index contributed by atoms with van der Waals surface area (Å²) in [6, 6.07) is 6.53. The first-order valence-corrected chi connectivity index (χ1v) is 9.79. The van der Waals surface area contributed by atoms with Crippen molar-refractivity contribution >= 4 is 32.8 Å². The number of benzene rings is 1. The Morgan fingerprint density at radius 2 is 1.91 bits per heavy atom. The molecule has 0 amide bonds. The van der Waals surface area contributed by atoms with E-state index in [4.69, 9.17) is 4.74 Å². The van der Waals surface area contributed by atoms with Gasteiger partial charge in [0.05, 0.1) is 23.0 Å². The average Bonchev–Trinajstić information content (AvgIpc) is 2.51. The van der Waals surface area contributed by atoms with Crippen LogP contribution in [0.2, 0.25) is 0 Å². The van der Waals surface area contributed by atoms with Gasteiger partial charge in [0.2, 0.25) is 0 Å². The molecule has 0 aromatic heterocycles. The van der Waals surface area contributed by atoms with Gasteiger partial charge in [0, 0.05) is 5.75 Å². The SMILES string of the molecule is CCOC(=O)CCS/C(CC)=N\NS(=O)(=O)c1ccc(C)cc1. The van der Waals surface area contributed by atoms with Crippen molar-refractivity contribution in [3.63, 3.8) is 0 Å². The van der Waals surface area contributed by atoms with E-state index in [0.717, 1.165) is 5.56 Å². The Morgan fingerprint density at radius 3 is 2.48 bits per heavy atom. The maximum Gasteiger partial charge on any atom is 0.306 e. The largest absolute Gasteiger partial charge is 0.466 e. The first kappa shape index (κ1) is 19.5. The smallest absolute Gasteiger partial charge is 0.306 e. The molecule has 0 aliphatic rings. The number of hydrazone groups is 1. The number of carbonyl (C=O) groups is 1. The van der Waals surface area contributed by atoms with Gasteiger partial charge in [-0.1, -0.05) is 24.6 Å². The van der Waals surface area contributed by atoms with Gasteiger partial charge < -0.3 is 4.74 Å². The predicted octanol–water partition coefficient (Wildman–Crippen LogP) is 2.68. The van der Waals surface area contributed by atoms with E-state index >= 15 is 0 Å². The van der Waals surface area contributed by atoms with Crippen LogP contribution in [0.5, 0.6) is 0 Å². The summed E-state index contributed by atoms with van der Waals surface area (Å²) >= 11 is 1.34. The van der Waals surface area contributed by atoms with Gasteiger partial charge in [0.15, 0.2) is 0 Å². The fraction of sp³-hybridized carbons (Fsp3) is 0.467. The van der Waals surface area contributed by atoms with Crippen LogP contribution in [0.3, 0.4) is 0 Å². The monoisotopic (exact) mass is 358 g/mol. The number of nitrogens with zero attached hydrogens (tertiary/aromatic N) is 1. The van der Waals surface area contributed by atoms with E-state index in [1.807, 2.05) is 13.8 Å². The zero-order chi connectivity index (χ0) is 17.3.